The smallest absolute Gasteiger partial charge is 0.311 e. The van der Waals surface area contributed by atoms with E-state index in [-0.39, 0.29) is 23.8 Å². The van der Waals surface area contributed by atoms with Gasteiger partial charge in [-0.3, -0.25) is 9.59 Å². The van der Waals surface area contributed by atoms with Crippen molar-refractivity contribution in [3.8, 4) is 0 Å². The Hall–Kier alpha value is -1.06. The second-order valence-corrected chi connectivity index (χ2v) is 6.59. The molecule has 20 heavy (non-hydrogen) atoms. The lowest BCUT2D eigenvalue weighted by molar-refractivity contribution is -0.163. The summed E-state index contributed by atoms with van der Waals surface area (Å²) >= 11 is 0. The van der Waals surface area contributed by atoms with Gasteiger partial charge in [0.05, 0.1) is 5.92 Å². The highest BCUT2D eigenvalue weighted by molar-refractivity contribution is 5.80. The molecule has 0 aromatic heterocycles. The van der Waals surface area contributed by atoms with E-state index in [1.165, 1.54) is 0 Å². The number of ether oxygens (including phenoxy) is 1. The molecule has 116 valence electrons. The van der Waals surface area contributed by atoms with Crippen molar-refractivity contribution in [3.63, 3.8) is 0 Å². The van der Waals surface area contributed by atoms with Crippen LogP contribution in [0.1, 0.15) is 66.7 Å². The van der Waals surface area contributed by atoms with Gasteiger partial charge in [-0.2, -0.15) is 0 Å². The Morgan fingerprint density at radius 1 is 1.35 bits per heavy atom. The molecule has 0 aliphatic carbocycles. The quantitative estimate of drug-likeness (QED) is 0.704. The Balaban J connectivity index is 2.85. The van der Waals surface area contributed by atoms with Crippen molar-refractivity contribution < 1.29 is 14.3 Å². The van der Waals surface area contributed by atoms with E-state index in [0.29, 0.717) is 12.8 Å². The molecule has 1 aliphatic heterocycles. The van der Waals surface area contributed by atoms with E-state index >= 15 is 0 Å². The average Bonchev–Trinajstić information content (AvgIpc) is 2.72. The topological polar surface area (TPSA) is 46.6 Å². The van der Waals surface area contributed by atoms with Crippen LogP contribution in [0.4, 0.5) is 0 Å². The van der Waals surface area contributed by atoms with Crippen LogP contribution in [-0.4, -0.2) is 35.0 Å². The van der Waals surface area contributed by atoms with Gasteiger partial charge in [0.15, 0.2) is 0 Å². The first-order chi connectivity index (χ1) is 9.30. The van der Waals surface area contributed by atoms with Gasteiger partial charge in [-0.25, -0.2) is 0 Å². The molecule has 1 rings (SSSR count). The molecule has 0 unspecified atom stereocenters. The zero-order chi connectivity index (χ0) is 15.3. The van der Waals surface area contributed by atoms with Gasteiger partial charge in [-0.1, -0.05) is 20.3 Å². The van der Waals surface area contributed by atoms with Gasteiger partial charge in [0.2, 0.25) is 5.91 Å². The van der Waals surface area contributed by atoms with Gasteiger partial charge < -0.3 is 9.64 Å². The molecule has 4 heteroatoms. The first kappa shape index (κ1) is 17.0. The molecule has 1 saturated heterocycles. The van der Waals surface area contributed by atoms with Gasteiger partial charge in [0.1, 0.15) is 5.60 Å². The van der Waals surface area contributed by atoms with Crippen LogP contribution in [0.5, 0.6) is 0 Å². The van der Waals surface area contributed by atoms with E-state index in [1.54, 1.807) is 0 Å². The van der Waals surface area contributed by atoms with Crippen LogP contribution in [0.3, 0.4) is 0 Å². The summed E-state index contributed by atoms with van der Waals surface area (Å²) in [5.74, 6) is -0.195. The summed E-state index contributed by atoms with van der Waals surface area (Å²) in [6, 6.07) is -0.00477. The number of hydrogen-bond donors (Lipinski definition) is 0. The highest BCUT2D eigenvalue weighted by atomic mass is 16.6. The summed E-state index contributed by atoms with van der Waals surface area (Å²) in [6.07, 6.45) is 4.06. The van der Waals surface area contributed by atoms with Gasteiger partial charge in [-0.15, -0.1) is 0 Å². The van der Waals surface area contributed by atoms with Crippen LogP contribution in [0.25, 0.3) is 0 Å². The number of likely N-dealkylation sites (tertiary alicyclic amines) is 1. The molecular formula is C16H29NO3. The third kappa shape index (κ3) is 4.50. The average molecular weight is 283 g/mol. The van der Waals surface area contributed by atoms with E-state index in [2.05, 4.69) is 6.92 Å². The molecule has 1 aliphatic rings. The Kier molecular flexibility index (Phi) is 6.03. The summed E-state index contributed by atoms with van der Waals surface area (Å²) < 4.78 is 5.54. The fourth-order valence-electron chi connectivity index (χ4n) is 2.86. The van der Waals surface area contributed by atoms with Crippen molar-refractivity contribution in [3.05, 3.63) is 0 Å². The van der Waals surface area contributed by atoms with Crippen molar-refractivity contribution in [2.45, 2.75) is 78.4 Å². The van der Waals surface area contributed by atoms with Gasteiger partial charge in [0, 0.05) is 19.0 Å². The molecule has 0 aromatic rings. The number of amides is 1. The van der Waals surface area contributed by atoms with E-state index in [9.17, 15) is 9.59 Å². The minimum Gasteiger partial charge on any atom is -0.460 e. The third-order valence-electron chi connectivity index (χ3n) is 3.71. The van der Waals surface area contributed by atoms with Gasteiger partial charge in [-0.05, 0) is 40.0 Å². The molecule has 4 nitrogen and oxygen atoms in total. The van der Waals surface area contributed by atoms with Crippen LogP contribution < -0.4 is 0 Å². The molecule has 1 fully saturated rings. The summed E-state index contributed by atoms with van der Waals surface area (Å²) in [7, 11) is 0. The highest BCUT2D eigenvalue weighted by Crippen LogP contribution is 2.27. The van der Waals surface area contributed by atoms with Crippen molar-refractivity contribution >= 4 is 11.9 Å². The van der Waals surface area contributed by atoms with Crippen LogP contribution in [0.15, 0.2) is 0 Å². The molecular weight excluding hydrogens is 254 g/mol. The van der Waals surface area contributed by atoms with Crippen LogP contribution in [-0.2, 0) is 14.3 Å². The number of hydrogen-bond acceptors (Lipinski definition) is 3. The Morgan fingerprint density at radius 3 is 2.40 bits per heavy atom. The number of carbonyl (C=O) groups excluding carboxylic acids is 2. The fraction of sp³-hybridized carbons (Fsp3) is 0.875. The predicted molar refractivity (Wildman–Crippen MR) is 79.3 cm³/mol. The zero-order valence-electron chi connectivity index (χ0n) is 13.6. The molecule has 1 amide bonds. The summed E-state index contributed by atoms with van der Waals surface area (Å²) in [6.45, 7) is 10.5. The maximum atomic E-state index is 12.4. The van der Waals surface area contributed by atoms with Crippen LogP contribution in [0.2, 0.25) is 0 Å². The predicted octanol–water partition coefficient (Wildman–Crippen LogP) is 3.15. The highest BCUT2D eigenvalue weighted by Gasteiger charge is 2.37. The zero-order valence-corrected chi connectivity index (χ0v) is 13.6. The number of rotatable bonds is 6. The summed E-state index contributed by atoms with van der Waals surface area (Å²) in [5.41, 5.74) is -0.476. The lowest BCUT2D eigenvalue weighted by Crippen LogP contribution is -2.45. The molecule has 0 spiro atoms. The normalized spacial score (nSPS) is 19.1. The van der Waals surface area contributed by atoms with Crippen molar-refractivity contribution in [2.24, 2.45) is 5.92 Å². The van der Waals surface area contributed by atoms with Gasteiger partial charge >= 0.3 is 5.97 Å². The van der Waals surface area contributed by atoms with Gasteiger partial charge in [0.25, 0.3) is 0 Å². The second-order valence-electron chi connectivity index (χ2n) is 6.59. The lowest BCUT2D eigenvalue weighted by Gasteiger charge is -2.34. The summed E-state index contributed by atoms with van der Waals surface area (Å²) in [4.78, 5) is 26.3. The van der Waals surface area contributed by atoms with Crippen molar-refractivity contribution in [1.29, 1.82) is 0 Å². The molecule has 1 heterocycles. The first-order valence-electron chi connectivity index (χ1n) is 7.82. The number of nitrogens with zero attached hydrogens (tertiary/aromatic N) is 1. The SMILES string of the molecule is CCC[C@H]([C@H](CC)C(=O)OC(C)(C)C)N1CCCC1=O. The fourth-order valence-corrected chi connectivity index (χ4v) is 2.86. The molecule has 2 atom stereocenters. The van der Waals surface area contributed by atoms with E-state index in [1.807, 2.05) is 32.6 Å². The monoisotopic (exact) mass is 283 g/mol. The van der Waals surface area contributed by atoms with Crippen LogP contribution in [0, 0.1) is 5.92 Å². The molecule has 0 aromatic carbocycles. The van der Waals surface area contributed by atoms with E-state index in [4.69, 9.17) is 4.74 Å². The summed E-state index contributed by atoms with van der Waals surface area (Å²) in [5, 5.41) is 0. The second kappa shape index (κ2) is 7.09. The number of carbonyl (C=O) groups is 2. The molecule has 0 radical (unpaired) electrons. The Bertz CT molecular complexity index is 346. The first-order valence-corrected chi connectivity index (χ1v) is 7.82. The Labute approximate surface area is 122 Å². The van der Waals surface area contributed by atoms with Crippen molar-refractivity contribution in [2.75, 3.05) is 6.54 Å². The van der Waals surface area contributed by atoms with E-state index < -0.39 is 5.60 Å². The largest absolute Gasteiger partial charge is 0.460 e. The third-order valence-corrected chi connectivity index (χ3v) is 3.71. The van der Waals surface area contributed by atoms with Crippen molar-refractivity contribution in [1.82, 2.24) is 4.90 Å². The Morgan fingerprint density at radius 2 is 2.00 bits per heavy atom. The minimum atomic E-state index is -0.476. The van der Waals surface area contributed by atoms with E-state index in [0.717, 1.165) is 25.8 Å². The number of esters is 1. The molecule has 0 N–H and O–H groups in total. The molecule has 0 bridgehead atoms. The lowest BCUT2D eigenvalue weighted by atomic mass is 9.91. The molecule has 0 saturated carbocycles. The maximum absolute atomic E-state index is 12.4. The maximum Gasteiger partial charge on any atom is 0.311 e. The van der Waals surface area contributed by atoms with Crippen LogP contribution >= 0.6 is 0 Å². The minimum absolute atomic E-state index is 0.00477. The standard InChI is InChI=1S/C16H29NO3/c1-6-9-13(17-11-8-10-14(17)18)12(7-2)15(19)20-16(3,4)5/h12-13H,6-11H2,1-5H3/t12-,13+/m0/s1.